The molecular weight excluding hydrogens is 262 g/mol. The molecule has 4 heteroatoms. The third-order valence-corrected chi connectivity index (χ3v) is 5.27. The lowest BCUT2D eigenvalue weighted by atomic mass is 10.0. The molecule has 2 aliphatic rings. The predicted octanol–water partition coefficient (Wildman–Crippen LogP) is 2.93. The number of rotatable bonds is 4. The Morgan fingerprint density at radius 1 is 1.24 bits per heavy atom. The maximum Gasteiger partial charge on any atom is 0.222 e. The van der Waals surface area contributed by atoms with E-state index in [4.69, 9.17) is 0 Å². The molecule has 0 spiro atoms. The van der Waals surface area contributed by atoms with Crippen LogP contribution >= 0.6 is 0 Å². The summed E-state index contributed by atoms with van der Waals surface area (Å²) in [6.45, 7) is 7.05. The number of hydrogen-bond acceptors (Lipinski definition) is 2. The van der Waals surface area contributed by atoms with Crippen LogP contribution in [0.25, 0.3) is 0 Å². The first-order chi connectivity index (χ1) is 10.1. The fourth-order valence-corrected chi connectivity index (χ4v) is 3.91. The predicted molar refractivity (Wildman–Crippen MR) is 83.0 cm³/mol. The molecule has 0 radical (unpaired) electrons. The van der Waals surface area contributed by atoms with E-state index in [-0.39, 0.29) is 0 Å². The van der Waals surface area contributed by atoms with Crippen LogP contribution in [0.4, 0.5) is 0 Å². The summed E-state index contributed by atoms with van der Waals surface area (Å²) in [6, 6.07) is 0. The fourth-order valence-electron chi connectivity index (χ4n) is 3.91. The molecule has 116 valence electrons. The maximum atomic E-state index is 12.4. The molecule has 1 aromatic rings. The fraction of sp³-hybridized carbons (Fsp3) is 0.765. The van der Waals surface area contributed by atoms with Gasteiger partial charge in [-0.2, -0.15) is 0 Å². The van der Waals surface area contributed by atoms with Gasteiger partial charge in [-0.3, -0.25) is 4.79 Å². The lowest BCUT2D eigenvalue weighted by molar-refractivity contribution is -0.131. The van der Waals surface area contributed by atoms with Gasteiger partial charge < -0.3 is 9.47 Å². The number of hydrogen-bond donors (Lipinski definition) is 0. The van der Waals surface area contributed by atoms with Crippen molar-refractivity contribution in [1.29, 1.82) is 0 Å². The summed E-state index contributed by atoms with van der Waals surface area (Å²) in [7, 11) is 0. The van der Waals surface area contributed by atoms with E-state index in [1.165, 1.54) is 31.4 Å². The van der Waals surface area contributed by atoms with Gasteiger partial charge in [0, 0.05) is 37.9 Å². The van der Waals surface area contributed by atoms with Crippen LogP contribution in [0.2, 0.25) is 0 Å². The largest absolute Gasteiger partial charge is 0.342 e. The number of likely N-dealkylation sites (tertiary alicyclic amines) is 1. The Balaban J connectivity index is 1.52. The Labute approximate surface area is 127 Å². The molecular formula is C17H27N3O. The molecule has 0 bridgehead atoms. The van der Waals surface area contributed by atoms with Crippen LogP contribution in [0.15, 0.2) is 6.20 Å². The number of aryl methyl sites for hydroxylation is 2. The van der Waals surface area contributed by atoms with Crippen molar-refractivity contribution in [2.75, 3.05) is 13.1 Å². The summed E-state index contributed by atoms with van der Waals surface area (Å²) >= 11 is 0. The second kappa shape index (κ2) is 6.20. The average molecular weight is 289 g/mol. The summed E-state index contributed by atoms with van der Waals surface area (Å²) < 4.78 is 2.29. The quantitative estimate of drug-likeness (QED) is 0.854. The van der Waals surface area contributed by atoms with E-state index in [2.05, 4.69) is 28.3 Å². The van der Waals surface area contributed by atoms with Crippen molar-refractivity contribution >= 4 is 5.91 Å². The molecule has 21 heavy (non-hydrogen) atoms. The minimum atomic E-state index is 0.392. The van der Waals surface area contributed by atoms with E-state index in [9.17, 15) is 4.79 Å². The minimum absolute atomic E-state index is 0.392. The normalized spacial score (nSPS) is 23.1. The monoisotopic (exact) mass is 289 g/mol. The average Bonchev–Trinajstić information content (AvgIpc) is 3.17. The van der Waals surface area contributed by atoms with Crippen molar-refractivity contribution in [2.45, 2.75) is 58.9 Å². The molecule has 3 rings (SSSR count). The van der Waals surface area contributed by atoms with Crippen LogP contribution < -0.4 is 0 Å². The van der Waals surface area contributed by atoms with E-state index in [1.807, 2.05) is 6.20 Å². The van der Waals surface area contributed by atoms with Gasteiger partial charge >= 0.3 is 0 Å². The molecule has 1 aromatic heterocycles. The first-order valence-electron chi connectivity index (χ1n) is 8.40. The van der Waals surface area contributed by atoms with Gasteiger partial charge in [0.1, 0.15) is 5.82 Å². The van der Waals surface area contributed by atoms with Gasteiger partial charge in [-0.05, 0) is 44.9 Å². The third-order valence-electron chi connectivity index (χ3n) is 5.27. The molecule has 1 aliphatic carbocycles. The molecule has 1 unspecified atom stereocenters. The van der Waals surface area contributed by atoms with Crippen molar-refractivity contribution in [3.8, 4) is 0 Å². The van der Waals surface area contributed by atoms with Crippen molar-refractivity contribution < 1.29 is 4.79 Å². The lowest BCUT2D eigenvalue weighted by Gasteiger charge is -2.19. The SMILES string of the molecule is Cc1cnc(C)n1CC1CCN(C(=O)CC2CCCC2)C1. The number of nitrogens with zero attached hydrogens (tertiary/aromatic N) is 3. The Hall–Kier alpha value is -1.32. The van der Waals surface area contributed by atoms with Crippen LogP contribution in [-0.4, -0.2) is 33.4 Å². The first kappa shape index (κ1) is 14.6. The molecule has 2 heterocycles. The number of imidazole rings is 1. The van der Waals surface area contributed by atoms with Gasteiger partial charge in [0.15, 0.2) is 0 Å². The zero-order valence-electron chi connectivity index (χ0n) is 13.3. The van der Waals surface area contributed by atoms with Gasteiger partial charge in [0.05, 0.1) is 0 Å². The number of amides is 1. The highest BCUT2D eigenvalue weighted by Gasteiger charge is 2.29. The topological polar surface area (TPSA) is 38.1 Å². The van der Waals surface area contributed by atoms with Crippen LogP contribution in [0, 0.1) is 25.7 Å². The Bertz CT molecular complexity index is 483. The highest BCUT2D eigenvalue weighted by atomic mass is 16.2. The van der Waals surface area contributed by atoms with E-state index >= 15 is 0 Å². The van der Waals surface area contributed by atoms with E-state index in [1.54, 1.807) is 0 Å². The van der Waals surface area contributed by atoms with Crippen molar-refractivity contribution in [1.82, 2.24) is 14.5 Å². The Kier molecular flexibility index (Phi) is 4.32. The van der Waals surface area contributed by atoms with Gasteiger partial charge in [-0.25, -0.2) is 4.98 Å². The van der Waals surface area contributed by atoms with E-state index < -0.39 is 0 Å². The summed E-state index contributed by atoms with van der Waals surface area (Å²) in [5, 5.41) is 0. The van der Waals surface area contributed by atoms with Crippen molar-refractivity contribution in [3.05, 3.63) is 17.7 Å². The molecule has 0 aromatic carbocycles. The molecule has 4 nitrogen and oxygen atoms in total. The number of carbonyl (C=O) groups excluding carboxylic acids is 1. The molecule has 1 saturated heterocycles. The highest BCUT2D eigenvalue weighted by Crippen LogP contribution is 2.29. The molecule has 1 atom stereocenters. The van der Waals surface area contributed by atoms with Gasteiger partial charge in [-0.1, -0.05) is 12.8 Å². The van der Waals surface area contributed by atoms with Crippen molar-refractivity contribution in [2.24, 2.45) is 11.8 Å². The van der Waals surface area contributed by atoms with Crippen LogP contribution in [0.1, 0.15) is 50.0 Å². The summed E-state index contributed by atoms with van der Waals surface area (Å²) in [5.41, 5.74) is 1.23. The van der Waals surface area contributed by atoms with E-state index in [0.717, 1.165) is 38.3 Å². The summed E-state index contributed by atoms with van der Waals surface area (Å²) in [5.74, 6) is 2.73. The summed E-state index contributed by atoms with van der Waals surface area (Å²) in [6.07, 6.45) is 9.02. The Morgan fingerprint density at radius 3 is 2.67 bits per heavy atom. The standard InChI is InChI=1S/C17H27N3O/c1-13-10-18-14(2)20(13)12-16-7-8-19(11-16)17(21)9-15-5-3-4-6-15/h10,15-16H,3-9,11-12H2,1-2H3. The maximum absolute atomic E-state index is 12.4. The molecule has 1 saturated carbocycles. The number of aromatic nitrogens is 2. The Morgan fingerprint density at radius 2 is 2.00 bits per heavy atom. The number of carbonyl (C=O) groups is 1. The second-order valence-electron chi connectivity index (χ2n) is 6.91. The third kappa shape index (κ3) is 3.30. The molecule has 1 amide bonds. The van der Waals surface area contributed by atoms with Crippen LogP contribution in [-0.2, 0) is 11.3 Å². The second-order valence-corrected chi connectivity index (χ2v) is 6.91. The zero-order chi connectivity index (χ0) is 14.8. The lowest BCUT2D eigenvalue weighted by Crippen LogP contribution is -2.30. The molecule has 1 aliphatic heterocycles. The molecule has 2 fully saturated rings. The van der Waals surface area contributed by atoms with Gasteiger partial charge in [0.25, 0.3) is 0 Å². The summed E-state index contributed by atoms with van der Waals surface area (Å²) in [4.78, 5) is 18.9. The first-order valence-corrected chi connectivity index (χ1v) is 8.40. The van der Waals surface area contributed by atoms with Crippen molar-refractivity contribution in [3.63, 3.8) is 0 Å². The van der Waals surface area contributed by atoms with Crippen LogP contribution in [0.5, 0.6) is 0 Å². The smallest absolute Gasteiger partial charge is 0.222 e. The van der Waals surface area contributed by atoms with Gasteiger partial charge in [-0.15, -0.1) is 0 Å². The minimum Gasteiger partial charge on any atom is -0.342 e. The van der Waals surface area contributed by atoms with Gasteiger partial charge in [0.2, 0.25) is 5.91 Å². The zero-order valence-corrected chi connectivity index (χ0v) is 13.3. The van der Waals surface area contributed by atoms with Crippen LogP contribution in [0.3, 0.4) is 0 Å². The molecule has 0 N–H and O–H groups in total. The highest BCUT2D eigenvalue weighted by molar-refractivity contribution is 5.76. The van der Waals surface area contributed by atoms with E-state index in [0.29, 0.717) is 17.7 Å².